The van der Waals surface area contributed by atoms with Gasteiger partial charge in [0.25, 0.3) is 0 Å². The Kier molecular flexibility index (Phi) is 4.23. The predicted octanol–water partition coefficient (Wildman–Crippen LogP) is 3.54. The van der Waals surface area contributed by atoms with Crippen LogP contribution in [0, 0.1) is 10.1 Å². The second-order valence-corrected chi connectivity index (χ2v) is 4.99. The van der Waals surface area contributed by atoms with Gasteiger partial charge in [-0.25, -0.2) is 9.97 Å². The van der Waals surface area contributed by atoms with E-state index in [4.69, 9.17) is 22.1 Å². The Labute approximate surface area is 125 Å². The van der Waals surface area contributed by atoms with Gasteiger partial charge in [0, 0.05) is 6.07 Å². The summed E-state index contributed by atoms with van der Waals surface area (Å²) < 4.78 is 5.57. The molecule has 0 saturated carbocycles. The summed E-state index contributed by atoms with van der Waals surface area (Å²) in [6, 6.07) is 4.29. The van der Waals surface area contributed by atoms with E-state index in [-0.39, 0.29) is 34.1 Å². The Hall–Kier alpha value is -2.41. The number of para-hydroxylation sites is 1. The summed E-state index contributed by atoms with van der Waals surface area (Å²) in [4.78, 5) is 18.4. The summed E-state index contributed by atoms with van der Waals surface area (Å²) in [6.07, 6.45) is 1.24. The van der Waals surface area contributed by atoms with Crippen LogP contribution in [0.1, 0.15) is 25.3 Å². The molecular formula is C13H13ClN4O3. The van der Waals surface area contributed by atoms with Crippen LogP contribution in [0.15, 0.2) is 24.5 Å². The number of aromatic nitrogens is 2. The molecule has 8 heteroatoms. The fourth-order valence-electron chi connectivity index (χ4n) is 1.86. The predicted molar refractivity (Wildman–Crippen MR) is 78.7 cm³/mol. The maximum absolute atomic E-state index is 11.1. The highest BCUT2D eigenvalue weighted by Gasteiger charge is 2.22. The molecule has 0 fully saturated rings. The average molecular weight is 309 g/mol. The normalized spacial score (nSPS) is 10.7. The van der Waals surface area contributed by atoms with Crippen LogP contribution >= 0.6 is 11.6 Å². The van der Waals surface area contributed by atoms with E-state index >= 15 is 0 Å². The highest BCUT2D eigenvalue weighted by Crippen LogP contribution is 2.39. The first-order valence-corrected chi connectivity index (χ1v) is 6.50. The standard InChI is InChI=1S/C13H13ClN4O3/c1-7(2)10-12(15)16-6-17-13(10)21-11-8(14)4-3-5-9(11)18(19)20/h3-7H,1-2H3,(H2,15,16,17). The monoisotopic (exact) mass is 308 g/mol. The summed E-state index contributed by atoms with van der Waals surface area (Å²) >= 11 is 5.99. The Balaban J connectivity index is 2.54. The van der Waals surface area contributed by atoms with Crippen molar-refractivity contribution in [2.45, 2.75) is 19.8 Å². The molecule has 0 aliphatic heterocycles. The highest BCUT2D eigenvalue weighted by molar-refractivity contribution is 6.32. The molecule has 0 atom stereocenters. The minimum absolute atomic E-state index is 0.0113. The van der Waals surface area contributed by atoms with Gasteiger partial charge in [-0.3, -0.25) is 10.1 Å². The maximum Gasteiger partial charge on any atom is 0.313 e. The van der Waals surface area contributed by atoms with E-state index in [0.29, 0.717) is 5.56 Å². The molecule has 1 heterocycles. The molecule has 0 aliphatic rings. The van der Waals surface area contributed by atoms with Crippen LogP contribution < -0.4 is 10.5 Å². The van der Waals surface area contributed by atoms with E-state index in [2.05, 4.69) is 9.97 Å². The fraction of sp³-hybridized carbons (Fsp3) is 0.231. The molecule has 2 aromatic rings. The van der Waals surface area contributed by atoms with Crippen molar-refractivity contribution in [1.82, 2.24) is 9.97 Å². The van der Waals surface area contributed by atoms with Crippen LogP contribution in [0.2, 0.25) is 5.02 Å². The summed E-state index contributed by atoms with van der Waals surface area (Å²) in [5.41, 5.74) is 6.15. The van der Waals surface area contributed by atoms with Crippen molar-refractivity contribution in [2.24, 2.45) is 0 Å². The van der Waals surface area contributed by atoms with E-state index in [9.17, 15) is 10.1 Å². The van der Waals surface area contributed by atoms with Crippen molar-refractivity contribution < 1.29 is 9.66 Å². The van der Waals surface area contributed by atoms with Gasteiger partial charge in [-0.1, -0.05) is 31.5 Å². The van der Waals surface area contributed by atoms with Crippen LogP contribution in [0.5, 0.6) is 11.6 Å². The van der Waals surface area contributed by atoms with Gasteiger partial charge in [0.1, 0.15) is 12.1 Å². The van der Waals surface area contributed by atoms with Crippen molar-refractivity contribution in [2.75, 3.05) is 5.73 Å². The first-order chi connectivity index (χ1) is 9.91. The van der Waals surface area contributed by atoms with Crippen LogP contribution in [0.4, 0.5) is 11.5 Å². The Bertz CT molecular complexity index is 691. The zero-order chi connectivity index (χ0) is 15.6. The third-order valence-corrected chi connectivity index (χ3v) is 3.09. The average Bonchev–Trinajstić information content (AvgIpc) is 2.40. The Morgan fingerprint density at radius 2 is 2.10 bits per heavy atom. The number of nitrogen functional groups attached to an aromatic ring is 1. The van der Waals surface area contributed by atoms with Gasteiger partial charge < -0.3 is 10.5 Å². The number of nitrogens with two attached hydrogens (primary N) is 1. The maximum atomic E-state index is 11.1. The Morgan fingerprint density at radius 1 is 1.38 bits per heavy atom. The van der Waals surface area contributed by atoms with Crippen molar-refractivity contribution in [3.63, 3.8) is 0 Å². The molecule has 0 radical (unpaired) electrons. The number of rotatable bonds is 4. The molecule has 110 valence electrons. The molecular weight excluding hydrogens is 296 g/mol. The van der Waals surface area contributed by atoms with Crippen molar-refractivity contribution >= 4 is 23.1 Å². The van der Waals surface area contributed by atoms with Crippen LogP contribution in [0.25, 0.3) is 0 Å². The molecule has 7 nitrogen and oxygen atoms in total. The number of nitro groups is 1. The molecule has 21 heavy (non-hydrogen) atoms. The molecule has 0 bridgehead atoms. The number of hydrogen-bond donors (Lipinski definition) is 1. The lowest BCUT2D eigenvalue weighted by molar-refractivity contribution is -0.385. The van der Waals surface area contributed by atoms with Gasteiger partial charge in [0.2, 0.25) is 11.6 Å². The van der Waals surface area contributed by atoms with E-state index in [1.165, 1.54) is 24.5 Å². The molecule has 0 spiro atoms. The number of nitrogens with zero attached hydrogens (tertiary/aromatic N) is 3. The number of ether oxygens (including phenoxy) is 1. The first kappa shape index (κ1) is 15.0. The smallest absolute Gasteiger partial charge is 0.313 e. The first-order valence-electron chi connectivity index (χ1n) is 6.13. The molecule has 0 unspecified atom stereocenters. The lowest BCUT2D eigenvalue weighted by atomic mass is 10.1. The number of nitro benzene ring substituents is 1. The lowest BCUT2D eigenvalue weighted by Crippen LogP contribution is -2.05. The van der Waals surface area contributed by atoms with E-state index in [1.807, 2.05) is 13.8 Å². The largest absolute Gasteiger partial charge is 0.430 e. The molecule has 0 saturated heterocycles. The second kappa shape index (κ2) is 5.92. The number of hydrogen-bond acceptors (Lipinski definition) is 6. The highest BCUT2D eigenvalue weighted by atomic mass is 35.5. The van der Waals surface area contributed by atoms with Gasteiger partial charge in [-0.05, 0) is 12.0 Å². The molecule has 1 aromatic carbocycles. The van der Waals surface area contributed by atoms with Crippen LogP contribution in [-0.2, 0) is 0 Å². The SMILES string of the molecule is CC(C)c1c(N)ncnc1Oc1c(Cl)cccc1[N+](=O)[O-]. The van der Waals surface area contributed by atoms with Crippen molar-refractivity contribution in [1.29, 1.82) is 0 Å². The van der Waals surface area contributed by atoms with Crippen molar-refractivity contribution in [3.8, 4) is 11.6 Å². The zero-order valence-corrected chi connectivity index (χ0v) is 12.2. The Morgan fingerprint density at radius 3 is 2.71 bits per heavy atom. The van der Waals surface area contributed by atoms with Gasteiger partial charge in [0.05, 0.1) is 15.5 Å². The zero-order valence-electron chi connectivity index (χ0n) is 11.4. The second-order valence-electron chi connectivity index (χ2n) is 4.58. The molecule has 1 aromatic heterocycles. The molecule has 0 amide bonds. The topological polar surface area (TPSA) is 104 Å². The molecule has 2 rings (SSSR count). The van der Waals surface area contributed by atoms with E-state index in [1.54, 1.807) is 0 Å². The molecule has 0 aliphatic carbocycles. The fourth-order valence-corrected chi connectivity index (χ4v) is 2.06. The van der Waals surface area contributed by atoms with Gasteiger partial charge in [0.15, 0.2) is 0 Å². The summed E-state index contributed by atoms with van der Waals surface area (Å²) in [7, 11) is 0. The van der Waals surface area contributed by atoms with Crippen LogP contribution in [-0.4, -0.2) is 14.9 Å². The van der Waals surface area contributed by atoms with Gasteiger partial charge in [-0.2, -0.15) is 0 Å². The van der Waals surface area contributed by atoms with E-state index < -0.39 is 4.92 Å². The number of benzene rings is 1. The minimum Gasteiger partial charge on any atom is -0.430 e. The summed E-state index contributed by atoms with van der Waals surface area (Å²) in [5, 5.41) is 11.2. The lowest BCUT2D eigenvalue weighted by Gasteiger charge is -2.14. The summed E-state index contributed by atoms with van der Waals surface area (Å²) in [5.74, 6) is 0.352. The number of halogens is 1. The van der Waals surface area contributed by atoms with Crippen molar-refractivity contribution in [3.05, 3.63) is 45.2 Å². The summed E-state index contributed by atoms with van der Waals surface area (Å²) in [6.45, 7) is 3.78. The van der Waals surface area contributed by atoms with Crippen LogP contribution in [0.3, 0.4) is 0 Å². The quantitative estimate of drug-likeness (QED) is 0.684. The third kappa shape index (κ3) is 3.03. The number of anilines is 1. The van der Waals surface area contributed by atoms with Gasteiger partial charge >= 0.3 is 5.69 Å². The van der Waals surface area contributed by atoms with Gasteiger partial charge in [-0.15, -0.1) is 0 Å². The minimum atomic E-state index is -0.569. The van der Waals surface area contributed by atoms with E-state index in [0.717, 1.165) is 0 Å². The third-order valence-electron chi connectivity index (χ3n) is 2.80. The molecule has 2 N–H and O–H groups in total.